The molecule has 4 nitrogen and oxygen atoms in total. The fraction of sp³-hybridized carbons (Fsp3) is 0.368. The Morgan fingerprint density at radius 2 is 1.72 bits per heavy atom. The number of benzene rings is 2. The van der Waals surface area contributed by atoms with Crippen LogP contribution in [0.4, 0.5) is 5.69 Å². The van der Waals surface area contributed by atoms with Crippen molar-refractivity contribution in [1.82, 2.24) is 0 Å². The Morgan fingerprint density at radius 1 is 1.04 bits per heavy atom. The first-order valence-corrected chi connectivity index (χ1v) is 8.83. The van der Waals surface area contributed by atoms with E-state index in [4.69, 9.17) is 37.4 Å². The van der Waals surface area contributed by atoms with Crippen LogP contribution in [0.1, 0.15) is 31.1 Å². The molecule has 0 spiro atoms. The van der Waals surface area contributed by atoms with Gasteiger partial charge in [-0.3, -0.25) is 0 Å². The third-order valence-corrected chi connectivity index (χ3v) is 4.47. The van der Waals surface area contributed by atoms with Crippen LogP contribution in [0.25, 0.3) is 0 Å². The quantitative estimate of drug-likeness (QED) is 0.721. The molecule has 2 aromatic rings. The second-order valence-corrected chi connectivity index (χ2v) is 7.23. The smallest absolute Gasteiger partial charge is 0.230 e. The van der Waals surface area contributed by atoms with E-state index in [1.54, 1.807) is 6.07 Å². The van der Waals surface area contributed by atoms with Gasteiger partial charge in [0.2, 0.25) is 6.79 Å². The van der Waals surface area contributed by atoms with E-state index in [-0.39, 0.29) is 12.9 Å². The van der Waals surface area contributed by atoms with E-state index in [2.05, 4.69) is 0 Å². The minimum absolute atomic E-state index is 0.00333. The summed E-state index contributed by atoms with van der Waals surface area (Å²) < 4.78 is 17.8. The van der Waals surface area contributed by atoms with Crippen LogP contribution in [0.15, 0.2) is 30.3 Å². The minimum atomic E-state index is -0.391. The molecule has 1 aliphatic rings. The zero-order valence-electron chi connectivity index (χ0n) is 14.7. The molecule has 0 N–H and O–H groups in total. The van der Waals surface area contributed by atoms with Gasteiger partial charge in [-0.2, -0.15) is 0 Å². The van der Waals surface area contributed by atoms with Crippen molar-refractivity contribution in [1.29, 1.82) is 0 Å². The van der Waals surface area contributed by atoms with E-state index in [1.807, 2.05) is 57.1 Å². The summed E-state index contributed by atoms with van der Waals surface area (Å²) in [6.07, 6.45) is -0.394. The van der Waals surface area contributed by atoms with Gasteiger partial charge in [-0.1, -0.05) is 23.2 Å². The molecule has 0 saturated carbocycles. The fourth-order valence-electron chi connectivity index (χ4n) is 2.83. The molecular formula is C19H21Cl2NO3. The van der Waals surface area contributed by atoms with Crippen molar-refractivity contribution in [2.75, 3.05) is 25.8 Å². The molecule has 1 aliphatic heterocycles. The second kappa shape index (κ2) is 7.32. The van der Waals surface area contributed by atoms with Gasteiger partial charge in [0, 0.05) is 36.3 Å². The molecule has 0 aliphatic carbocycles. The lowest BCUT2D eigenvalue weighted by Crippen LogP contribution is -2.20. The molecule has 0 radical (unpaired) electrons. The zero-order chi connectivity index (χ0) is 18.1. The standard InChI is InChI=1S/C19H21Cl2NO3/c1-11(2)25-19-13-7-12(20)5-6-17(13)23-10-24-18-9-16(22(3)4)15(21)8-14(18)19/h5-9,11,19H,10H2,1-4H3. The SMILES string of the molecule is CC(C)OC1c2cc(Cl)ccc2OCOc2cc(N(C)C)c(Cl)cc21. The van der Waals surface area contributed by atoms with Crippen molar-refractivity contribution in [2.45, 2.75) is 26.1 Å². The molecule has 0 fully saturated rings. The monoisotopic (exact) mass is 381 g/mol. The highest BCUT2D eigenvalue weighted by Crippen LogP contribution is 2.44. The summed E-state index contributed by atoms with van der Waals surface area (Å²) in [5, 5.41) is 1.26. The van der Waals surface area contributed by atoms with Gasteiger partial charge < -0.3 is 19.1 Å². The van der Waals surface area contributed by atoms with E-state index in [0.29, 0.717) is 21.5 Å². The lowest BCUT2D eigenvalue weighted by molar-refractivity contribution is 0.0189. The summed E-state index contributed by atoms with van der Waals surface area (Å²) in [5.41, 5.74) is 2.59. The predicted octanol–water partition coefficient (Wildman–Crippen LogP) is 5.30. The van der Waals surface area contributed by atoms with Crippen molar-refractivity contribution in [2.24, 2.45) is 0 Å². The highest BCUT2D eigenvalue weighted by atomic mass is 35.5. The molecule has 2 aromatic carbocycles. The van der Waals surface area contributed by atoms with Crippen LogP contribution in [0, 0.1) is 0 Å². The first-order valence-electron chi connectivity index (χ1n) is 8.08. The van der Waals surface area contributed by atoms with E-state index < -0.39 is 6.10 Å². The van der Waals surface area contributed by atoms with Gasteiger partial charge in [0.15, 0.2) is 0 Å². The Labute approximate surface area is 158 Å². The Hall–Kier alpha value is -1.62. The van der Waals surface area contributed by atoms with Gasteiger partial charge in [-0.15, -0.1) is 0 Å². The van der Waals surface area contributed by atoms with Crippen LogP contribution < -0.4 is 14.4 Å². The van der Waals surface area contributed by atoms with Crippen LogP contribution in [-0.2, 0) is 4.74 Å². The number of nitrogens with zero attached hydrogens (tertiary/aromatic N) is 1. The fourth-order valence-corrected chi connectivity index (χ4v) is 3.35. The molecular weight excluding hydrogens is 361 g/mol. The number of ether oxygens (including phenoxy) is 3. The molecule has 0 aromatic heterocycles. The molecule has 0 bridgehead atoms. The molecule has 134 valence electrons. The Balaban J connectivity index is 2.20. The van der Waals surface area contributed by atoms with Crippen molar-refractivity contribution < 1.29 is 14.2 Å². The number of anilines is 1. The molecule has 0 saturated heterocycles. The lowest BCUT2D eigenvalue weighted by atomic mass is 9.98. The average molecular weight is 382 g/mol. The Bertz CT molecular complexity index is 778. The summed E-state index contributed by atoms with van der Waals surface area (Å²) >= 11 is 12.7. The molecule has 3 rings (SSSR count). The van der Waals surface area contributed by atoms with Crippen LogP contribution in [-0.4, -0.2) is 27.0 Å². The van der Waals surface area contributed by atoms with Crippen molar-refractivity contribution in [3.8, 4) is 11.5 Å². The number of hydrogen-bond donors (Lipinski definition) is 0. The molecule has 6 heteroatoms. The van der Waals surface area contributed by atoms with Crippen LogP contribution in [0.5, 0.6) is 11.5 Å². The van der Waals surface area contributed by atoms with Crippen molar-refractivity contribution in [3.05, 3.63) is 51.5 Å². The van der Waals surface area contributed by atoms with Crippen LogP contribution >= 0.6 is 23.2 Å². The maximum atomic E-state index is 6.50. The molecule has 1 unspecified atom stereocenters. The summed E-state index contributed by atoms with van der Waals surface area (Å²) in [6.45, 7) is 4.07. The normalized spacial score (nSPS) is 16.2. The average Bonchev–Trinajstić information content (AvgIpc) is 2.53. The first kappa shape index (κ1) is 18.2. The highest BCUT2D eigenvalue weighted by Gasteiger charge is 2.28. The Kier molecular flexibility index (Phi) is 5.32. The van der Waals surface area contributed by atoms with Crippen molar-refractivity contribution in [3.63, 3.8) is 0 Å². The van der Waals surface area contributed by atoms with Crippen LogP contribution in [0.2, 0.25) is 10.0 Å². The molecule has 1 atom stereocenters. The van der Waals surface area contributed by atoms with E-state index in [9.17, 15) is 0 Å². The lowest BCUT2D eigenvalue weighted by Gasteiger charge is -2.29. The van der Waals surface area contributed by atoms with Gasteiger partial charge in [-0.05, 0) is 38.1 Å². The summed E-state index contributed by atoms with van der Waals surface area (Å²) in [4.78, 5) is 1.94. The number of fused-ring (bicyclic) bond motifs is 2. The largest absolute Gasteiger partial charge is 0.457 e. The second-order valence-electron chi connectivity index (χ2n) is 6.39. The summed E-state index contributed by atoms with van der Waals surface area (Å²) in [6, 6.07) is 9.30. The highest BCUT2D eigenvalue weighted by molar-refractivity contribution is 6.33. The van der Waals surface area contributed by atoms with Crippen LogP contribution in [0.3, 0.4) is 0 Å². The minimum Gasteiger partial charge on any atom is -0.457 e. The number of hydrogen-bond acceptors (Lipinski definition) is 4. The van der Waals surface area contributed by atoms with Gasteiger partial charge in [-0.25, -0.2) is 0 Å². The van der Waals surface area contributed by atoms with Gasteiger partial charge in [0.05, 0.1) is 16.8 Å². The predicted molar refractivity (Wildman–Crippen MR) is 101 cm³/mol. The number of rotatable bonds is 3. The third kappa shape index (κ3) is 3.81. The van der Waals surface area contributed by atoms with Gasteiger partial charge in [0.25, 0.3) is 0 Å². The van der Waals surface area contributed by atoms with Crippen molar-refractivity contribution >= 4 is 28.9 Å². The molecule has 0 amide bonds. The summed E-state index contributed by atoms with van der Waals surface area (Å²) in [5.74, 6) is 1.37. The van der Waals surface area contributed by atoms with E-state index in [0.717, 1.165) is 16.8 Å². The maximum absolute atomic E-state index is 6.50. The van der Waals surface area contributed by atoms with E-state index >= 15 is 0 Å². The summed E-state index contributed by atoms with van der Waals surface area (Å²) in [7, 11) is 3.87. The van der Waals surface area contributed by atoms with Gasteiger partial charge >= 0.3 is 0 Å². The van der Waals surface area contributed by atoms with Gasteiger partial charge in [0.1, 0.15) is 17.6 Å². The van der Waals surface area contributed by atoms with E-state index in [1.165, 1.54) is 0 Å². The Morgan fingerprint density at radius 3 is 2.40 bits per heavy atom. The topological polar surface area (TPSA) is 30.9 Å². The maximum Gasteiger partial charge on any atom is 0.230 e. The zero-order valence-corrected chi connectivity index (χ0v) is 16.2. The molecule has 25 heavy (non-hydrogen) atoms. The number of halogens is 2. The molecule has 1 heterocycles. The third-order valence-electron chi connectivity index (χ3n) is 3.93. The first-order chi connectivity index (χ1) is 11.9.